The first-order valence-electron chi connectivity index (χ1n) is 3.66. The summed E-state index contributed by atoms with van der Waals surface area (Å²) in [5.41, 5.74) is 0. The lowest BCUT2D eigenvalue weighted by molar-refractivity contribution is 0.480. The van der Waals surface area contributed by atoms with Crippen LogP contribution in [0.1, 0.15) is 0 Å². The molecule has 1 aromatic heterocycles. The standard InChI is InChI=1S/C9H7BrOS2/c1-12-7-4-6(11)5-2-3-13-9(5)8(7)10/h2-4,11H,1H3. The van der Waals surface area contributed by atoms with Gasteiger partial charge in [-0.3, -0.25) is 0 Å². The fraction of sp³-hybridized carbons (Fsp3) is 0.111. The van der Waals surface area contributed by atoms with Gasteiger partial charge in [0.1, 0.15) is 5.75 Å². The Morgan fingerprint density at radius 2 is 2.31 bits per heavy atom. The predicted octanol–water partition coefficient (Wildman–Crippen LogP) is 4.09. The van der Waals surface area contributed by atoms with Gasteiger partial charge in [-0.1, -0.05) is 0 Å². The molecule has 1 heterocycles. The molecule has 4 heteroatoms. The highest BCUT2D eigenvalue weighted by Crippen LogP contribution is 2.40. The minimum absolute atomic E-state index is 0.365. The van der Waals surface area contributed by atoms with E-state index in [1.807, 2.05) is 17.7 Å². The van der Waals surface area contributed by atoms with Gasteiger partial charge in [0.05, 0.1) is 4.70 Å². The van der Waals surface area contributed by atoms with Gasteiger partial charge >= 0.3 is 0 Å². The second-order valence-electron chi connectivity index (χ2n) is 2.58. The lowest BCUT2D eigenvalue weighted by Gasteiger charge is -2.03. The lowest BCUT2D eigenvalue weighted by Crippen LogP contribution is -1.75. The van der Waals surface area contributed by atoms with Crippen LogP contribution < -0.4 is 0 Å². The zero-order valence-electron chi connectivity index (χ0n) is 6.87. The van der Waals surface area contributed by atoms with Crippen molar-refractivity contribution in [2.75, 3.05) is 6.26 Å². The minimum Gasteiger partial charge on any atom is -0.507 e. The summed E-state index contributed by atoms with van der Waals surface area (Å²) >= 11 is 6.80. The summed E-state index contributed by atoms with van der Waals surface area (Å²) in [7, 11) is 0. The van der Waals surface area contributed by atoms with Gasteiger partial charge in [0.15, 0.2) is 0 Å². The molecule has 0 aliphatic carbocycles. The summed E-state index contributed by atoms with van der Waals surface area (Å²) in [5.74, 6) is 0.365. The van der Waals surface area contributed by atoms with Crippen LogP contribution in [-0.2, 0) is 0 Å². The number of thioether (sulfide) groups is 1. The number of rotatable bonds is 1. The highest BCUT2D eigenvalue weighted by atomic mass is 79.9. The van der Waals surface area contributed by atoms with Gasteiger partial charge in [-0.05, 0) is 39.7 Å². The van der Waals surface area contributed by atoms with E-state index >= 15 is 0 Å². The van der Waals surface area contributed by atoms with Gasteiger partial charge in [0.25, 0.3) is 0 Å². The molecule has 0 amide bonds. The Balaban J connectivity index is 2.85. The summed E-state index contributed by atoms with van der Waals surface area (Å²) < 4.78 is 2.20. The van der Waals surface area contributed by atoms with Crippen molar-refractivity contribution in [3.05, 3.63) is 22.0 Å². The van der Waals surface area contributed by atoms with Crippen molar-refractivity contribution in [2.24, 2.45) is 0 Å². The van der Waals surface area contributed by atoms with Crippen molar-refractivity contribution >= 4 is 49.1 Å². The highest BCUT2D eigenvalue weighted by Gasteiger charge is 2.09. The number of halogens is 1. The Hall–Kier alpha value is -0.190. The van der Waals surface area contributed by atoms with Gasteiger partial charge < -0.3 is 5.11 Å². The van der Waals surface area contributed by atoms with E-state index in [1.165, 1.54) is 0 Å². The summed E-state index contributed by atoms with van der Waals surface area (Å²) in [5, 5.41) is 12.6. The quantitative estimate of drug-likeness (QED) is 0.791. The third-order valence-electron chi connectivity index (χ3n) is 1.84. The number of phenolic OH excluding ortho intramolecular Hbond substituents is 1. The van der Waals surface area contributed by atoms with Crippen molar-refractivity contribution in [2.45, 2.75) is 4.90 Å². The maximum Gasteiger partial charge on any atom is 0.125 e. The minimum atomic E-state index is 0.365. The summed E-state index contributed by atoms with van der Waals surface area (Å²) in [6, 6.07) is 3.73. The van der Waals surface area contributed by atoms with Crippen LogP contribution >= 0.6 is 39.0 Å². The number of hydrogen-bond acceptors (Lipinski definition) is 3. The van der Waals surface area contributed by atoms with Crippen LogP contribution in [0, 0.1) is 0 Å². The molecule has 68 valence electrons. The largest absolute Gasteiger partial charge is 0.507 e. The number of phenols is 1. The molecule has 0 unspecified atom stereocenters. The molecular formula is C9H7BrOS2. The average molecular weight is 275 g/mol. The normalized spacial score (nSPS) is 10.9. The van der Waals surface area contributed by atoms with Crippen molar-refractivity contribution in [1.82, 2.24) is 0 Å². The summed E-state index contributed by atoms with van der Waals surface area (Å²) in [4.78, 5) is 1.08. The fourth-order valence-corrected chi connectivity index (χ4v) is 3.73. The van der Waals surface area contributed by atoms with E-state index in [4.69, 9.17) is 0 Å². The van der Waals surface area contributed by atoms with E-state index in [2.05, 4.69) is 15.9 Å². The Bertz CT molecular complexity index is 450. The van der Waals surface area contributed by atoms with E-state index in [-0.39, 0.29) is 0 Å². The SMILES string of the molecule is CSc1cc(O)c2ccsc2c1Br. The van der Waals surface area contributed by atoms with E-state index in [0.29, 0.717) is 5.75 Å². The molecule has 0 aliphatic rings. The van der Waals surface area contributed by atoms with Crippen LogP contribution in [-0.4, -0.2) is 11.4 Å². The molecule has 1 aromatic carbocycles. The van der Waals surface area contributed by atoms with Crippen LogP contribution in [0.4, 0.5) is 0 Å². The van der Waals surface area contributed by atoms with Crippen molar-refractivity contribution in [3.8, 4) is 5.75 Å². The molecule has 0 atom stereocenters. The van der Waals surface area contributed by atoms with Gasteiger partial charge in [-0.15, -0.1) is 23.1 Å². The van der Waals surface area contributed by atoms with Crippen LogP contribution in [0.2, 0.25) is 0 Å². The number of hydrogen-bond donors (Lipinski definition) is 1. The third kappa shape index (κ3) is 1.47. The third-order valence-corrected chi connectivity index (χ3v) is 4.89. The number of benzene rings is 1. The Kier molecular flexibility index (Phi) is 2.53. The molecule has 0 spiro atoms. The number of aromatic hydroxyl groups is 1. The van der Waals surface area contributed by atoms with E-state index in [9.17, 15) is 5.11 Å². The van der Waals surface area contributed by atoms with Gasteiger partial charge in [0, 0.05) is 14.8 Å². The smallest absolute Gasteiger partial charge is 0.125 e. The first kappa shape index (κ1) is 9.37. The molecule has 13 heavy (non-hydrogen) atoms. The van der Waals surface area contributed by atoms with E-state index in [0.717, 1.165) is 19.5 Å². The van der Waals surface area contributed by atoms with Crippen LogP contribution in [0.5, 0.6) is 5.75 Å². The molecule has 0 saturated carbocycles. The average Bonchev–Trinajstić information content (AvgIpc) is 2.60. The maximum atomic E-state index is 9.67. The van der Waals surface area contributed by atoms with Gasteiger partial charge in [-0.2, -0.15) is 0 Å². The molecule has 1 N–H and O–H groups in total. The molecule has 0 bridgehead atoms. The molecule has 0 fully saturated rings. The topological polar surface area (TPSA) is 20.2 Å². The van der Waals surface area contributed by atoms with Crippen LogP contribution in [0.15, 0.2) is 26.9 Å². The number of thiophene rings is 1. The van der Waals surface area contributed by atoms with Gasteiger partial charge in [-0.25, -0.2) is 0 Å². The number of fused-ring (bicyclic) bond motifs is 1. The molecular weight excluding hydrogens is 268 g/mol. The van der Waals surface area contributed by atoms with Crippen molar-refractivity contribution in [3.63, 3.8) is 0 Å². The summed E-state index contributed by atoms with van der Waals surface area (Å²) in [6.07, 6.45) is 2.00. The first-order chi connectivity index (χ1) is 6.24. The van der Waals surface area contributed by atoms with E-state index < -0.39 is 0 Å². The zero-order valence-corrected chi connectivity index (χ0v) is 10.1. The Morgan fingerprint density at radius 1 is 1.54 bits per heavy atom. The first-order valence-corrected chi connectivity index (χ1v) is 6.56. The predicted molar refractivity (Wildman–Crippen MR) is 63.0 cm³/mol. The maximum absolute atomic E-state index is 9.67. The van der Waals surface area contributed by atoms with Crippen LogP contribution in [0.3, 0.4) is 0 Å². The monoisotopic (exact) mass is 274 g/mol. The van der Waals surface area contributed by atoms with Crippen molar-refractivity contribution < 1.29 is 5.11 Å². The second-order valence-corrected chi connectivity index (χ2v) is 5.13. The molecule has 0 radical (unpaired) electrons. The van der Waals surface area contributed by atoms with Crippen molar-refractivity contribution in [1.29, 1.82) is 0 Å². The zero-order chi connectivity index (χ0) is 9.42. The highest BCUT2D eigenvalue weighted by molar-refractivity contribution is 9.10. The Morgan fingerprint density at radius 3 is 3.00 bits per heavy atom. The Labute approximate surface area is 92.9 Å². The van der Waals surface area contributed by atoms with Crippen LogP contribution in [0.25, 0.3) is 10.1 Å². The summed E-state index contributed by atoms with van der Waals surface area (Å²) in [6.45, 7) is 0. The molecule has 2 rings (SSSR count). The second kappa shape index (κ2) is 3.52. The molecule has 2 aromatic rings. The van der Waals surface area contributed by atoms with Gasteiger partial charge in [0.2, 0.25) is 0 Å². The van der Waals surface area contributed by atoms with E-state index in [1.54, 1.807) is 29.2 Å². The molecule has 0 aliphatic heterocycles. The molecule has 1 nitrogen and oxygen atoms in total. The molecule has 0 saturated heterocycles. The fourth-order valence-electron chi connectivity index (χ4n) is 1.21. The lowest BCUT2D eigenvalue weighted by atomic mass is 10.2.